The summed E-state index contributed by atoms with van der Waals surface area (Å²) in [6.07, 6.45) is 10.2. The average molecular weight is 196 g/mol. The van der Waals surface area contributed by atoms with E-state index in [0.29, 0.717) is 5.41 Å². The molecule has 0 bridgehead atoms. The third-order valence-corrected chi connectivity index (χ3v) is 3.99. The second kappa shape index (κ2) is 5.19. The fourth-order valence-electron chi connectivity index (χ4n) is 2.96. The van der Waals surface area contributed by atoms with Gasteiger partial charge in [0.25, 0.3) is 0 Å². The summed E-state index contributed by atoms with van der Waals surface area (Å²) in [7, 11) is 0. The molecule has 1 aliphatic rings. The van der Waals surface area contributed by atoms with Crippen molar-refractivity contribution in [2.75, 3.05) is 0 Å². The zero-order valence-electron chi connectivity index (χ0n) is 10.6. The fraction of sp³-hybridized carbons (Fsp3) is 1.00. The molecule has 0 aliphatic heterocycles. The molecule has 0 nitrogen and oxygen atoms in total. The summed E-state index contributed by atoms with van der Waals surface area (Å²) in [4.78, 5) is 0. The van der Waals surface area contributed by atoms with E-state index in [9.17, 15) is 0 Å². The monoisotopic (exact) mass is 196 g/mol. The topological polar surface area (TPSA) is 0 Å². The molecule has 1 fully saturated rings. The van der Waals surface area contributed by atoms with Gasteiger partial charge in [-0.05, 0) is 36.5 Å². The van der Waals surface area contributed by atoms with Crippen LogP contribution in [0, 0.1) is 17.3 Å². The van der Waals surface area contributed by atoms with Gasteiger partial charge in [-0.2, -0.15) is 0 Å². The SMILES string of the molecule is CCC(C)CC1CCCCC(C)(C)C1. The maximum absolute atomic E-state index is 2.46. The fourth-order valence-corrected chi connectivity index (χ4v) is 2.96. The van der Waals surface area contributed by atoms with Gasteiger partial charge in [0.2, 0.25) is 0 Å². The summed E-state index contributed by atoms with van der Waals surface area (Å²) >= 11 is 0. The molecular formula is C14H28. The molecule has 0 aromatic rings. The van der Waals surface area contributed by atoms with Gasteiger partial charge in [-0.1, -0.05) is 53.4 Å². The normalized spacial score (nSPS) is 29.6. The van der Waals surface area contributed by atoms with Gasteiger partial charge in [-0.15, -0.1) is 0 Å². The maximum Gasteiger partial charge on any atom is -0.0352 e. The van der Waals surface area contributed by atoms with E-state index < -0.39 is 0 Å². The Hall–Kier alpha value is 0. The summed E-state index contributed by atoms with van der Waals surface area (Å²) in [6, 6.07) is 0. The minimum Gasteiger partial charge on any atom is -0.0651 e. The van der Waals surface area contributed by atoms with Crippen molar-refractivity contribution in [3.05, 3.63) is 0 Å². The Balaban J connectivity index is 2.43. The van der Waals surface area contributed by atoms with Crippen LogP contribution in [-0.2, 0) is 0 Å². The third-order valence-electron chi connectivity index (χ3n) is 3.99. The van der Waals surface area contributed by atoms with E-state index in [0.717, 1.165) is 11.8 Å². The molecule has 0 aromatic heterocycles. The van der Waals surface area contributed by atoms with Crippen LogP contribution < -0.4 is 0 Å². The van der Waals surface area contributed by atoms with Crippen LogP contribution in [0.1, 0.15) is 72.6 Å². The van der Waals surface area contributed by atoms with Crippen LogP contribution >= 0.6 is 0 Å². The van der Waals surface area contributed by atoms with Crippen molar-refractivity contribution in [1.82, 2.24) is 0 Å². The Morgan fingerprint density at radius 2 is 2.00 bits per heavy atom. The molecule has 0 heteroatoms. The number of hydrogen-bond donors (Lipinski definition) is 0. The van der Waals surface area contributed by atoms with Crippen LogP contribution in [0.2, 0.25) is 0 Å². The molecule has 0 radical (unpaired) electrons. The van der Waals surface area contributed by atoms with E-state index >= 15 is 0 Å². The zero-order valence-corrected chi connectivity index (χ0v) is 10.6. The molecule has 1 saturated carbocycles. The Morgan fingerprint density at radius 3 is 2.64 bits per heavy atom. The lowest BCUT2D eigenvalue weighted by atomic mass is 9.78. The molecule has 14 heavy (non-hydrogen) atoms. The molecule has 1 aliphatic carbocycles. The average Bonchev–Trinajstić information content (AvgIpc) is 2.26. The summed E-state index contributed by atoms with van der Waals surface area (Å²) in [5, 5.41) is 0. The predicted octanol–water partition coefficient (Wildman–Crippen LogP) is 5.03. The molecule has 0 aromatic carbocycles. The first-order valence-electron chi connectivity index (χ1n) is 6.53. The summed E-state index contributed by atoms with van der Waals surface area (Å²) in [5.74, 6) is 1.95. The van der Waals surface area contributed by atoms with Crippen LogP contribution in [0.5, 0.6) is 0 Å². The van der Waals surface area contributed by atoms with Crippen LogP contribution in [0.4, 0.5) is 0 Å². The highest BCUT2D eigenvalue weighted by Gasteiger charge is 2.26. The van der Waals surface area contributed by atoms with E-state index in [4.69, 9.17) is 0 Å². The maximum atomic E-state index is 2.46. The van der Waals surface area contributed by atoms with Gasteiger partial charge in [0.15, 0.2) is 0 Å². The van der Waals surface area contributed by atoms with Gasteiger partial charge >= 0.3 is 0 Å². The highest BCUT2D eigenvalue weighted by atomic mass is 14.3. The van der Waals surface area contributed by atoms with Crippen molar-refractivity contribution < 1.29 is 0 Å². The first kappa shape index (κ1) is 12.1. The van der Waals surface area contributed by atoms with Crippen LogP contribution in [0.25, 0.3) is 0 Å². The zero-order chi connectivity index (χ0) is 10.6. The first-order valence-corrected chi connectivity index (χ1v) is 6.53. The van der Waals surface area contributed by atoms with E-state index in [-0.39, 0.29) is 0 Å². The van der Waals surface area contributed by atoms with Crippen LogP contribution in [-0.4, -0.2) is 0 Å². The Bertz CT molecular complexity index is 157. The van der Waals surface area contributed by atoms with Crippen molar-refractivity contribution in [2.45, 2.75) is 72.6 Å². The molecule has 0 N–H and O–H groups in total. The van der Waals surface area contributed by atoms with Gasteiger partial charge in [0.1, 0.15) is 0 Å². The molecular weight excluding hydrogens is 168 g/mol. The summed E-state index contributed by atoms with van der Waals surface area (Å²) in [5.41, 5.74) is 0.620. The Labute approximate surface area is 90.5 Å². The van der Waals surface area contributed by atoms with Gasteiger partial charge < -0.3 is 0 Å². The number of hydrogen-bond acceptors (Lipinski definition) is 0. The first-order chi connectivity index (χ1) is 6.53. The highest BCUT2D eigenvalue weighted by Crippen LogP contribution is 2.39. The molecule has 1 rings (SSSR count). The molecule has 0 spiro atoms. The third kappa shape index (κ3) is 4.02. The van der Waals surface area contributed by atoms with E-state index in [2.05, 4.69) is 27.7 Å². The quantitative estimate of drug-likeness (QED) is 0.555. The van der Waals surface area contributed by atoms with Crippen molar-refractivity contribution in [3.63, 3.8) is 0 Å². The smallest absolute Gasteiger partial charge is 0.0352 e. The van der Waals surface area contributed by atoms with E-state index in [1.165, 1.54) is 44.9 Å². The van der Waals surface area contributed by atoms with Crippen LogP contribution in [0.3, 0.4) is 0 Å². The molecule has 0 heterocycles. The minimum absolute atomic E-state index is 0.620. The lowest BCUT2D eigenvalue weighted by molar-refractivity contribution is 0.239. The molecule has 84 valence electrons. The van der Waals surface area contributed by atoms with E-state index in [1.807, 2.05) is 0 Å². The van der Waals surface area contributed by atoms with Crippen molar-refractivity contribution in [3.8, 4) is 0 Å². The van der Waals surface area contributed by atoms with E-state index in [1.54, 1.807) is 0 Å². The van der Waals surface area contributed by atoms with Crippen molar-refractivity contribution >= 4 is 0 Å². The summed E-state index contributed by atoms with van der Waals surface area (Å²) < 4.78 is 0. The van der Waals surface area contributed by atoms with Gasteiger partial charge in [0, 0.05) is 0 Å². The Kier molecular flexibility index (Phi) is 4.47. The van der Waals surface area contributed by atoms with Gasteiger partial charge in [-0.25, -0.2) is 0 Å². The molecule has 2 atom stereocenters. The molecule has 0 saturated heterocycles. The highest BCUT2D eigenvalue weighted by molar-refractivity contribution is 4.78. The second-order valence-electron chi connectivity index (χ2n) is 6.23. The standard InChI is InChI=1S/C14H28/c1-5-12(2)10-13-8-6-7-9-14(3,4)11-13/h12-13H,5-11H2,1-4H3. The van der Waals surface area contributed by atoms with Crippen molar-refractivity contribution in [2.24, 2.45) is 17.3 Å². The van der Waals surface area contributed by atoms with Crippen LogP contribution in [0.15, 0.2) is 0 Å². The second-order valence-corrected chi connectivity index (χ2v) is 6.23. The minimum atomic E-state index is 0.620. The lowest BCUT2D eigenvalue weighted by Gasteiger charge is -2.27. The number of rotatable bonds is 3. The molecule has 0 amide bonds. The lowest BCUT2D eigenvalue weighted by Crippen LogP contribution is -2.16. The predicted molar refractivity (Wildman–Crippen MR) is 64.4 cm³/mol. The van der Waals surface area contributed by atoms with Gasteiger partial charge in [0.05, 0.1) is 0 Å². The summed E-state index contributed by atoms with van der Waals surface area (Å²) in [6.45, 7) is 9.66. The largest absolute Gasteiger partial charge is 0.0651 e. The van der Waals surface area contributed by atoms with Crippen molar-refractivity contribution in [1.29, 1.82) is 0 Å². The molecule has 2 unspecified atom stereocenters. The van der Waals surface area contributed by atoms with Gasteiger partial charge in [-0.3, -0.25) is 0 Å². The Morgan fingerprint density at radius 1 is 1.29 bits per heavy atom.